The largest absolute Gasteiger partial charge is 0.497 e. The molecule has 0 aliphatic rings. The Labute approximate surface area is 187 Å². The molecule has 2 amide bonds. The maximum atomic E-state index is 13.9. The first-order valence-electron chi connectivity index (χ1n) is 10.3. The number of nitrogens with two attached hydrogens (primary N) is 1. The highest BCUT2D eigenvalue weighted by Crippen LogP contribution is 2.28. The fourth-order valence-corrected chi connectivity index (χ4v) is 3.49. The Balaban J connectivity index is 2.02. The molecule has 1 atom stereocenters. The van der Waals surface area contributed by atoms with Crippen LogP contribution in [0.5, 0.6) is 5.75 Å². The lowest BCUT2D eigenvalue weighted by Gasteiger charge is -2.28. The van der Waals surface area contributed by atoms with Crippen LogP contribution in [0.15, 0.2) is 84.9 Å². The number of ether oxygens (including phenoxy) is 1. The number of nitrogens with zero attached hydrogens (tertiary/aromatic N) is 2. The number of methoxy groups -OCH3 is 1. The van der Waals surface area contributed by atoms with E-state index in [1.165, 1.54) is 0 Å². The summed E-state index contributed by atoms with van der Waals surface area (Å²) in [5.41, 5.74) is 8.24. The van der Waals surface area contributed by atoms with Crippen molar-refractivity contribution in [3.63, 3.8) is 0 Å². The molecule has 1 unspecified atom stereocenters. The predicted molar refractivity (Wildman–Crippen MR) is 121 cm³/mol. The van der Waals surface area contributed by atoms with Gasteiger partial charge < -0.3 is 10.5 Å². The highest BCUT2D eigenvalue weighted by Gasteiger charge is 2.33. The molecule has 0 aliphatic heterocycles. The minimum Gasteiger partial charge on any atom is -0.497 e. The van der Waals surface area contributed by atoms with Gasteiger partial charge in [0.25, 0.3) is 0 Å². The Bertz CT molecular complexity index is 1040. The van der Waals surface area contributed by atoms with Gasteiger partial charge in [-0.25, -0.2) is 0 Å². The fourth-order valence-electron chi connectivity index (χ4n) is 3.49. The van der Waals surface area contributed by atoms with Crippen molar-refractivity contribution in [2.75, 3.05) is 7.11 Å². The topological polar surface area (TPSA) is 96.4 Å². The molecule has 0 saturated carbocycles. The Kier molecular flexibility index (Phi) is 7.74. The summed E-state index contributed by atoms with van der Waals surface area (Å²) in [7, 11) is 1.57. The van der Waals surface area contributed by atoms with E-state index in [2.05, 4.69) is 0 Å². The van der Waals surface area contributed by atoms with Crippen molar-refractivity contribution >= 4 is 11.8 Å². The van der Waals surface area contributed by atoms with Crippen molar-refractivity contribution < 1.29 is 14.3 Å². The summed E-state index contributed by atoms with van der Waals surface area (Å²) in [5.74, 6) is -0.986. The zero-order chi connectivity index (χ0) is 22.9. The molecule has 0 aromatic heterocycles. The van der Waals surface area contributed by atoms with Crippen molar-refractivity contribution in [1.82, 2.24) is 4.90 Å². The average Bonchev–Trinajstić information content (AvgIpc) is 2.84. The van der Waals surface area contributed by atoms with Gasteiger partial charge in [-0.1, -0.05) is 72.8 Å². The molecule has 0 aliphatic carbocycles. The highest BCUT2D eigenvalue weighted by atomic mass is 16.5. The highest BCUT2D eigenvalue weighted by molar-refractivity contribution is 6.01. The number of benzene rings is 3. The third kappa shape index (κ3) is 5.39. The van der Waals surface area contributed by atoms with E-state index in [-0.39, 0.29) is 13.0 Å². The van der Waals surface area contributed by atoms with Gasteiger partial charge in [0.05, 0.1) is 38.1 Å². The molecule has 0 saturated heterocycles. The summed E-state index contributed by atoms with van der Waals surface area (Å²) in [4.78, 5) is 28.2. The molecule has 0 heterocycles. The fraction of sp³-hybridized carbons (Fsp3) is 0.192. The number of rotatable bonds is 8. The zero-order valence-electron chi connectivity index (χ0n) is 17.8. The first kappa shape index (κ1) is 22.7. The number of carbonyl (C=O) groups is 2. The summed E-state index contributed by atoms with van der Waals surface area (Å²) in [6.07, 6.45) is -0.174. The standard InChI is InChI=1S/C26H25N3O3/c1-32-22-14-12-19(13-15-22)18-29(25(30)23(28)16-17-27)26(31)24(20-8-4-2-5-9-20)21-10-6-3-7-11-21/h2-15,23-24H,16,18,28H2,1H3. The van der Waals surface area contributed by atoms with Crippen molar-refractivity contribution in [3.05, 3.63) is 102 Å². The average molecular weight is 428 g/mol. The van der Waals surface area contributed by atoms with Crippen molar-refractivity contribution in [3.8, 4) is 11.8 Å². The Hall–Kier alpha value is -3.95. The summed E-state index contributed by atoms with van der Waals surface area (Å²) in [6, 6.07) is 26.6. The van der Waals surface area contributed by atoms with Crippen molar-refractivity contribution in [2.45, 2.75) is 24.9 Å². The maximum Gasteiger partial charge on any atom is 0.247 e. The number of carbonyl (C=O) groups excluding carboxylic acids is 2. The van der Waals surface area contributed by atoms with Crippen LogP contribution in [0.1, 0.15) is 29.0 Å². The van der Waals surface area contributed by atoms with Gasteiger partial charge in [-0.15, -0.1) is 0 Å². The van der Waals surface area contributed by atoms with Crippen LogP contribution in [-0.4, -0.2) is 29.9 Å². The van der Waals surface area contributed by atoms with E-state index in [9.17, 15) is 9.59 Å². The predicted octanol–water partition coefficient (Wildman–Crippen LogP) is 3.62. The van der Waals surface area contributed by atoms with E-state index in [1.54, 1.807) is 31.4 Å². The van der Waals surface area contributed by atoms with Crippen LogP contribution >= 0.6 is 0 Å². The van der Waals surface area contributed by atoms with Gasteiger partial charge in [-0.05, 0) is 28.8 Å². The smallest absolute Gasteiger partial charge is 0.247 e. The van der Waals surface area contributed by atoms with Crippen LogP contribution in [0, 0.1) is 11.3 Å². The molecule has 2 N–H and O–H groups in total. The number of imide groups is 1. The Morgan fingerprint density at radius 1 is 0.906 bits per heavy atom. The lowest BCUT2D eigenvalue weighted by atomic mass is 9.89. The third-order valence-electron chi connectivity index (χ3n) is 5.17. The lowest BCUT2D eigenvalue weighted by Crippen LogP contribution is -2.48. The first-order chi connectivity index (χ1) is 15.5. The van der Waals surface area contributed by atoms with Crippen LogP contribution in [0.2, 0.25) is 0 Å². The molecule has 3 rings (SSSR count). The van der Waals surface area contributed by atoms with E-state index >= 15 is 0 Å². The van der Waals surface area contributed by atoms with E-state index in [4.69, 9.17) is 15.7 Å². The Morgan fingerprint density at radius 2 is 1.44 bits per heavy atom. The molecule has 0 radical (unpaired) electrons. The summed E-state index contributed by atoms with van der Waals surface area (Å²) < 4.78 is 5.19. The number of hydrogen-bond donors (Lipinski definition) is 1. The van der Waals surface area contributed by atoms with Crippen LogP contribution < -0.4 is 10.5 Å². The van der Waals surface area contributed by atoms with Crippen LogP contribution in [0.25, 0.3) is 0 Å². The summed E-state index contributed by atoms with van der Waals surface area (Å²) >= 11 is 0. The molecular formula is C26H25N3O3. The molecule has 0 spiro atoms. The molecule has 3 aromatic carbocycles. The molecule has 0 fully saturated rings. The molecule has 162 valence electrons. The monoisotopic (exact) mass is 427 g/mol. The molecule has 6 heteroatoms. The van der Waals surface area contributed by atoms with Gasteiger partial charge in [0.2, 0.25) is 11.8 Å². The summed E-state index contributed by atoms with van der Waals surface area (Å²) in [6.45, 7) is 0.0386. The van der Waals surface area contributed by atoms with Gasteiger partial charge in [0.15, 0.2) is 0 Å². The number of nitriles is 1. The quantitative estimate of drug-likeness (QED) is 0.592. The molecule has 6 nitrogen and oxygen atoms in total. The SMILES string of the molecule is COc1ccc(CN(C(=O)C(N)CC#N)C(=O)C(c2ccccc2)c2ccccc2)cc1. The van der Waals surface area contributed by atoms with E-state index in [1.807, 2.05) is 66.7 Å². The number of hydrogen-bond acceptors (Lipinski definition) is 5. The van der Waals surface area contributed by atoms with Gasteiger partial charge >= 0.3 is 0 Å². The zero-order valence-corrected chi connectivity index (χ0v) is 17.8. The van der Waals surface area contributed by atoms with Crippen LogP contribution in [0.3, 0.4) is 0 Å². The molecule has 32 heavy (non-hydrogen) atoms. The van der Waals surface area contributed by atoms with Crippen LogP contribution in [0.4, 0.5) is 0 Å². The van der Waals surface area contributed by atoms with E-state index in [0.717, 1.165) is 21.6 Å². The van der Waals surface area contributed by atoms with Crippen molar-refractivity contribution in [1.29, 1.82) is 5.26 Å². The first-order valence-corrected chi connectivity index (χ1v) is 10.3. The second kappa shape index (κ2) is 10.9. The summed E-state index contributed by atoms with van der Waals surface area (Å²) in [5, 5.41) is 9.02. The van der Waals surface area contributed by atoms with Gasteiger partial charge in [-0.2, -0.15) is 5.26 Å². The van der Waals surface area contributed by atoms with Crippen molar-refractivity contribution in [2.24, 2.45) is 5.73 Å². The maximum absolute atomic E-state index is 13.9. The Morgan fingerprint density at radius 3 is 1.91 bits per heavy atom. The molecule has 3 aromatic rings. The second-order valence-electron chi connectivity index (χ2n) is 7.33. The molecule has 0 bridgehead atoms. The molecular weight excluding hydrogens is 402 g/mol. The van der Waals surface area contributed by atoms with E-state index in [0.29, 0.717) is 5.75 Å². The second-order valence-corrected chi connectivity index (χ2v) is 7.33. The normalized spacial score (nSPS) is 11.4. The third-order valence-corrected chi connectivity index (χ3v) is 5.17. The lowest BCUT2D eigenvalue weighted by molar-refractivity contribution is -0.146. The van der Waals surface area contributed by atoms with Crippen LogP contribution in [-0.2, 0) is 16.1 Å². The number of amides is 2. The van der Waals surface area contributed by atoms with Gasteiger partial charge in [0, 0.05) is 0 Å². The van der Waals surface area contributed by atoms with Gasteiger partial charge in [-0.3, -0.25) is 14.5 Å². The van der Waals surface area contributed by atoms with E-state index < -0.39 is 23.8 Å². The minimum absolute atomic E-state index is 0.0386. The van der Waals surface area contributed by atoms with Gasteiger partial charge in [0.1, 0.15) is 5.75 Å². The minimum atomic E-state index is -1.09.